The number of hydrogen-bond donors (Lipinski definition) is 1. The van der Waals surface area contributed by atoms with Gasteiger partial charge < -0.3 is 10.6 Å². The molecule has 72 valence electrons. The van der Waals surface area contributed by atoms with Gasteiger partial charge in [0.2, 0.25) is 0 Å². The lowest BCUT2D eigenvalue weighted by Crippen LogP contribution is -2.43. The van der Waals surface area contributed by atoms with Crippen molar-refractivity contribution in [3.63, 3.8) is 0 Å². The third-order valence-corrected chi connectivity index (χ3v) is 2.53. The summed E-state index contributed by atoms with van der Waals surface area (Å²) in [6.45, 7) is 1.20. The Morgan fingerprint density at radius 2 is 2.29 bits per heavy atom. The smallest absolute Gasteiger partial charge is 0.105 e. The largest absolute Gasteiger partial charge is 0.356 e. The van der Waals surface area contributed by atoms with Crippen molar-refractivity contribution in [3.05, 3.63) is 29.8 Å². The van der Waals surface area contributed by atoms with Gasteiger partial charge in [-0.05, 0) is 18.1 Å². The second kappa shape index (κ2) is 3.69. The zero-order valence-electron chi connectivity index (χ0n) is 7.98. The van der Waals surface area contributed by atoms with Crippen molar-refractivity contribution >= 4 is 5.69 Å². The molecule has 3 heteroatoms. The molecule has 0 amide bonds. The van der Waals surface area contributed by atoms with Gasteiger partial charge in [0.25, 0.3) is 0 Å². The van der Waals surface area contributed by atoms with Crippen molar-refractivity contribution in [1.29, 1.82) is 5.26 Å². The van der Waals surface area contributed by atoms with E-state index in [1.807, 2.05) is 17.0 Å². The van der Waals surface area contributed by atoms with Gasteiger partial charge >= 0.3 is 0 Å². The lowest BCUT2D eigenvalue weighted by Gasteiger charge is -2.32. The molecule has 1 aromatic carbocycles. The first-order valence-corrected chi connectivity index (χ1v) is 4.76. The monoisotopic (exact) mass is 187 g/mol. The highest BCUT2D eigenvalue weighted by Crippen LogP contribution is 2.25. The van der Waals surface area contributed by atoms with E-state index in [-0.39, 0.29) is 6.04 Å². The minimum Gasteiger partial charge on any atom is -0.356 e. The van der Waals surface area contributed by atoms with E-state index in [0.29, 0.717) is 6.54 Å². The standard InChI is InChI=1S/C11H13N3/c12-5-6-14-8-10(13)7-9-3-1-2-4-11(9)14/h1-4,10H,6-8,13H2. The molecule has 1 unspecified atom stereocenters. The number of nitriles is 1. The van der Waals surface area contributed by atoms with Crippen LogP contribution in [-0.4, -0.2) is 19.1 Å². The lowest BCUT2D eigenvalue weighted by atomic mass is 9.99. The summed E-state index contributed by atoms with van der Waals surface area (Å²) in [6.07, 6.45) is 0.915. The first-order chi connectivity index (χ1) is 6.81. The molecule has 14 heavy (non-hydrogen) atoms. The van der Waals surface area contributed by atoms with Gasteiger partial charge in [-0.15, -0.1) is 0 Å². The van der Waals surface area contributed by atoms with Gasteiger partial charge in [0.1, 0.15) is 6.54 Å². The van der Waals surface area contributed by atoms with Crippen LogP contribution in [0.3, 0.4) is 0 Å². The molecular formula is C11H13N3. The first kappa shape index (κ1) is 9.04. The van der Waals surface area contributed by atoms with Gasteiger partial charge in [0, 0.05) is 18.3 Å². The van der Waals surface area contributed by atoms with Crippen LogP contribution in [0, 0.1) is 11.3 Å². The topological polar surface area (TPSA) is 53.0 Å². The van der Waals surface area contributed by atoms with Gasteiger partial charge in [0.15, 0.2) is 0 Å². The fourth-order valence-corrected chi connectivity index (χ4v) is 1.96. The van der Waals surface area contributed by atoms with E-state index in [1.54, 1.807) is 0 Å². The summed E-state index contributed by atoms with van der Waals surface area (Å²) in [5, 5.41) is 8.70. The van der Waals surface area contributed by atoms with E-state index in [2.05, 4.69) is 18.2 Å². The Kier molecular flexibility index (Phi) is 2.38. The van der Waals surface area contributed by atoms with E-state index in [4.69, 9.17) is 11.0 Å². The van der Waals surface area contributed by atoms with Gasteiger partial charge in [-0.2, -0.15) is 5.26 Å². The van der Waals surface area contributed by atoms with E-state index in [0.717, 1.165) is 18.7 Å². The molecule has 0 aromatic heterocycles. The first-order valence-electron chi connectivity index (χ1n) is 4.76. The lowest BCUT2D eigenvalue weighted by molar-refractivity contribution is 0.617. The summed E-state index contributed by atoms with van der Waals surface area (Å²) in [5.74, 6) is 0. The second-order valence-corrected chi connectivity index (χ2v) is 3.63. The Hall–Kier alpha value is -1.53. The fourth-order valence-electron chi connectivity index (χ4n) is 1.96. The number of fused-ring (bicyclic) bond motifs is 1. The third-order valence-electron chi connectivity index (χ3n) is 2.53. The van der Waals surface area contributed by atoms with Crippen LogP contribution in [0.1, 0.15) is 5.56 Å². The summed E-state index contributed by atoms with van der Waals surface area (Å²) >= 11 is 0. The SMILES string of the molecule is N#CCN1CC(N)Cc2ccccc21. The van der Waals surface area contributed by atoms with Crippen molar-refractivity contribution < 1.29 is 0 Å². The fraction of sp³-hybridized carbons (Fsp3) is 0.364. The molecule has 0 bridgehead atoms. The van der Waals surface area contributed by atoms with Crippen molar-refractivity contribution in [2.75, 3.05) is 18.0 Å². The average molecular weight is 187 g/mol. The molecular weight excluding hydrogens is 174 g/mol. The minimum absolute atomic E-state index is 0.151. The minimum atomic E-state index is 0.151. The maximum absolute atomic E-state index is 8.70. The number of rotatable bonds is 1. The van der Waals surface area contributed by atoms with E-state index in [1.165, 1.54) is 5.56 Å². The molecule has 0 spiro atoms. The summed E-state index contributed by atoms with van der Waals surface area (Å²) < 4.78 is 0. The van der Waals surface area contributed by atoms with Crippen LogP contribution in [-0.2, 0) is 6.42 Å². The zero-order valence-corrected chi connectivity index (χ0v) is 7.98. The van der Waals surface area contributed by atoms with Crippen LogP contribution < -0.4 is 10.6 Å². The molecule has 0 fully saturated rings. The molecule has 1 aliphatic rings. The molecule has 1 aliphatic heterocycles. The Morgan fingerprint density at radius 1 is 1.50 bits per heavy atom. The highest BCUT2D eigenvalue weighted by molar-refractivity contribution is 5.56. The molecule has 1 aromatic rings. The normalized spacial score (nSPS) is 20.0. The molecule has 1 atom stereocenters. The quantitative estimate of drug-likeness (QED) is 0.664. The molecule has 2 N–H and O–H groups in total. The van der Waals surface area contributed by atoms with Gasteiger partial charge in [0.05, 0.1) is 6.07 Å². The number of nitrogens with zero attached hydrogens (tertiary/aromatic N) is 2. The molecule has 0 radical (unpaired) electrons. The summed E-state index contributed by atoms with van der Waals surface area (Å²) in [6, 6.07) is 10.5. The van der Waals surface area contributed by atoms with Gasteiger partial charge in [-0.3, -0.25) is 0 Å². The number of hydrogen-bond acceptors (Lipinski definition) is 3. The molecule has 0 saturated carbocycles. The predicted octanol–water partition coefficient (Wildman–Crippen LogP) is 0.900. The number of benzene rings is 1. The molecule has 3 nitrogen and oxygen atoms in total. The molecule has 0 saturated heterocycles. The van der Waals surface area contributed by atoms with Gasteiger partial charge in [-0.1, -0.05) is 18.2 Å². The van der Waals surface area contributed by atoms with Crippen LogP contribution in [0.25, 0.3) is 0 Å². The molecule has 1 heterocycles. The maximum Gasteiger partial charge on any atom is 0.105 e. The zero-order chi connectivity index (χ0) is 9.97. The van der Waals surface area contributed by atoms with Crippen molar-refractivity contribution in [3.8, 4) is 6.07 Å². The Labute approximate surface area is 83.7 Å². The predicted molar refractivity (Wildman–Crippen MR) is 55.9 cm³/mol. The van der Waals surface area contributed by atoms with Crippen LogP contribution in [0.15, 0.2) is 24.3 Å². The van der Waals surface area contributed by atoms with Crippen molar-refractivity contribution in [1.82, 2.24) is 0 Å². The third kappa shape index (κ3) is 1.57. The maximum atomic E-state index is 8.70. The highest BCUT2D eigenvalue weighted by Gasteiger charge is 2.20. The van der Waals surface area contributed by atoms with Crippen LogP contribution in [0.4, 0.5) is 5.69 Å². The van der Waals surface area contributed by atoms with Gasteiger partial charge in [-0.25, -0.2) is 0 Å². The Morgan fingerprint density at radius 3 is 3.07 bits per heavy atom. The Balaban J connectivity index is 2.34. The van der Waals surface area contributed by atoms with Crippen LogP contribution >= 0.6 is 0 Å². The summed E-state index contributed by atoms with van der Waals surface area (Å²) in [7, 11) is 0. The number of anilines is 1. The van der Waals surface area contributed by atoms with Crippen molar-refractivity contribution in [2.45, 2.75) is 12.5 Å². The summed E-state index contributed by atoms with van der Waals surface area (Å²) in [5.41, 5.74) is 8.33. The van der Waals surface area contributed by atoms with E-state index >= 15 is 0 Å². The summed E-state index contributed by atoms with van der Waals surface area (Å²) in [4.78, 5) is 2.05. The van der Waals surface area contributed by atoms with E-state index in [9.17, 15) is 0 Å². The average Bonchev–Trinajstić information content (AvgIpc) is 2.18. The number of para-hydroxylation sites is 1. The second-order valence-electron chi connectivity index (χ2n) is 3.63. The molecule has 0 aliphatic carbocycles. The van der Waals surface area contributed by atoms with E-state index < -0.39 is 0 Å². The van der Waals surface area contributed by atoms with Crippen LogP contribution in [0.2, 0.25) is 0 Å². The van der Waals surface area contributed by atoms with Crippen LogP contribution in [0.5, 0.6) is 0 Å². The molecule has 2 rings (SSSR count). The highest BCUT2D eigenvalue weighted by atomic mass is 15.1. The van der Waals surface area contributed by atoms with Crippen molar-refractivity contribution in [2.24, 2.45) is 5.73 Å². The Bertz CT molecular complexity index is 367. The number of nitrogens with two attached hydrogens (primary N) is 1.